The fourth-order valence-electron chi connectivity index (χ4n) is 3.18. The van der Waals surface area contributed by atoms with Crippen LogP contribution in [0.15, 0.2) is 71.8 Å². The molecule has 0 aromatic heterocycles. The first-order chi connectivity index (χ1) is 18.3. The number of ether oxygens (including phenoxy) is 4. The Balaban J connectivity index is 1.63. The fourth-order valence-corrected chi connectivity index (χ4v) is 3.18. The second-order valence-corrected chi connectivity index (χ2v) is 7.71. The molecule has 0 aliphatic rings. The van der Waals surface area contributed by atoms with Crippen molar-refractivity contribution in [3.05, 3.63) is 88.0 Å². The average Bonchev–Trinajstić information content (AvgIpc) is 2.91. The number of rotatable bonds is 12. The second-order valence-electron chi connectivity index (χ2n) is 7.71. The maximum atomic E-state index is 12.6. The van der Waals surface area contributed by atoms with E-state index in [0.29, 0.717) is 35.8 Å². The van der Waals surface area contributed by atoms with Crippen molar-refractivity contribution in [2.45, 2.75) is 26.9 Å². The molecule has 38 heavy (non-hydrogen) atoms. The van der Waals surface area contributed by atoms with E-state index < -0.39 is 22.9 Å². The first kappa shape index (κ1) is 27.7. The number of carbonyl (C=O) groups excluding carboxylic acids is 2. The minimum atomic E-state index is -1.04. The molecule has 3 rings (SSSR count). The number of nitrogens with one attached hydrogen (secondary N) is 1. The zero-order valence-electron chi connectivity index (χ0n) is 21.1. The third-order valence-corrected chi connectivity index (χ3v) is 4.99. The number of para-hydroxylation sites is 2. The van der Waals surface area contributed by atoms with Gasteiger partial charge in [0.2, 0.25) is 0 Å². The lowest BCUT2D eigenvalue weighted by Crippen LogP contribution is -2.33. The maximum absolute atomic E-state index is 12.6. The summed E-state index contributed by atoms with van der Waals surface area (Å²) in [4.78, 5) is 35.5. The molecule has 0 heterocycles. The van der Waals surface area contributed by atoms with Gasteiger partial charge in [0.05, 0.1) is 29.9 Å². The zero-order valence-corrected chi connectivity index (χ0v) is 21.1. The highest BCUT2D eigenvalue weighted by Crippen LogP contribution is 2.29. The molecule has 1 N–H and O–H groups in total. The quantitative estimate of drug-likeness (QED) is 0.121. The Morgan fingerprint density at radius 3 is 2.37 bits per heavy atom. The van der Waals surface area contributed by atoms with Crippen LogP contribution in [0.2, 0.25) is 0 Å². The molecule has 0 fully saturated rings. The maximum Gasteiger partial charge on any atom is 0.343 e. The lowest BCUT2D eigenvalue weighted by atomic mass is 10.2. The zero-order chi connectivity index (χ0) is 27.5. The molecule has 1 atom stereocenters. The van der Waals surface area contributed by atoms with Gasteiger partial charge in [0.15, 0.2) is 23.4 Å². The largest absolute Gasteiger partial charge is 0.494 e. The minimum absolute atomic E-state index is 0.0270. The van der Waals surface area contributed by atoms with Crippen LogP contribution in [0, 0.1) is 10.1 Å². The summed E-state index contributed by atoms with van der Waals surface area (Å²) < 4.78 is 21.9. The first-order valence-corrected chi connectivity index (χ1v) is 11.8. The number of hydrogen-bond acceptors (Lipinski definition) is 9. The van der Waals surface area contributed by atoms with E-state index in [-0.39, 0.29) is 17.2 Å². The van der Waals surface area contributed by atoms with E-state index in [1.807, 2.05) is 6.92 Å². The smallest absolute Gasteiger partial charge is 0.343 e. The van der Waals surface area contributed by atoms with Gasteiger partial charge < -0.3 is 18.9 Å². The van der Waals surface area contributed by atoms with Crippen molar-refractivity contribution in [3.8, 4) is 23.0 Å². The van der Waals surface area contributed by atoms with Gasteiger partial charge in [-0.1, -0.05) is 12.1 Å². The average molecular weight is 522 g/mol. The van der Waals surface area contributed by atoms with Crippen molar-refractivity contribution in [2.75, 3.05) is 13.2 Å². The van der Waals surface area contributed by atoms with Crippen molar-refractivity contribution < 1.29 is 33.5 Å². The Hall–Kier alpha value is -4.93. The summed E-state index contributed by atoms with van der Waals surface area (Å²) in [5.74, 6) is -0.00723. The van der Waals surface area contributed by atoms with Crippen molar-refractivity contribution in [3.63, 3.8) is 0 Å². The number of hydrazone groups is 1. The van der Waals surface area contributed by atoms with Gasteiger partial charge in [-0.25, -0.2) is 10.2 Å². The number of nitro benzene ring substituents is 1. The van der Waals surface area contributed by atoms with E-state index in [4.69, 9.17) is 18.9 Å². The molecule has 0 unspecified atom stereocenters. The molecule has 3 aromatic carbocycles. The second kappa shape index (κ2) is 13.4. The van der Waals surface area contributed by atoms with E-state index in [1.165, 1.54) is 31.3 Å². The van der Waals surface area contributed by atoms with E-state index in [2.05, 4.69) is 10.5 Å². The first-order valence-electron chi connectivity index (χ1n) is 11.8. The fraction of sp³-hybridized carbons (Fsp3) is 0.222. The molecular weight excluding hydrogens is 494 g/mol. The highest BCUT2D eigenvalue weighted by molar-refractivity contribution is 5.92. The van der Waals surface area contributed by atoms with E-state index in [0.717, 1.165) is 0 Å². The number of benzene rings is 3. The number of amides is 1. The van der Waals surface area contributed by atoms with Crippen LogP contribution in [-0.4, -0.2) is 42.3 Å². The van der Waals surface area contributed by atoms with Gasteiger partial charge in [-0.15, -0.1) is 0 Å². The number of carbonyl (C=O) groups is 2. The van der Waals surface area contributed by atoms with E-state index in [9.17, 15) is 19.7 Å². The molecule has 0 aliphatic carbocycles. The molecule has 0 spiro atoms. The standard InChI is InChI=1S/C27H27N3O8/c1-4-35-21-13-11-20(12-14-21)27(32)38-24-15-10-19(16-25(24)36-5-2)17-28-29-26(31)18(3)37-23-9-7-6-8-22(23)30(33)34/h6-18H,4-5H2,1-3H3,(H,29,31)/b28-17-/t18-/m1/s1. The van der Waals surface area contributed by atoms with Gasteiger partial charge in [-0.3, -0.25) is 14.9 Å². The summed E-state index contributed by atoms with van der Waals surface area (Å²) in [7, 11) is 0. The lowest BCUT2D eigenvalue weighted by Gasteiger charge is -2.13. The van der Waals surface area contributed by atoms with Gasteiger partial charge in [0.25, 0.3) is 5.91 Å². The van der Waals surface area contributed by atoms with Gasteiger partial charge in [0.1, 0.15) is 5.75 Å². The van der Waals surface area contributed by atoms with Gasteiger partial charge in [-0.05, 0) is 74.9 Å². The van der Waals surface area contributed by atoms with Crippen LogP contribution in [0.1, 0.15) is 36.7 Å². The third-order valence-electron chi connectivity index (χ3n) is 4.99. The monoisotopic (exact) mass is 521 g/mol. The highest BCUT2D eigenvalue weighted by Gasteiger charge is 2.20. The molecule has 198 valence electrons. The summed E-state index contributed by atoms with van der Waals surface area (Å²) in [6.07, 6.45) is 0.326. The number of nitrogens with zero attached hydrogens (tertiary/aromatic N) is 2. The summed E-state index contributed by atoms with van der Waals surface area (Å²) >= 11 is 0. The lowest BCUT2D eigenvalue weighted by molar-refractivity contribution is -0.386. The molecule has 0 saturated heterocycles. The Morgan fingerprint density at radius 1 is 0.974 bits per heavy atom. The number of nitro groups is 1. The summed E-state index contributed by atoms with van der Waals surface area (Å²) in [6.45, 7) is 5.95. The van der Waals surface area contributed by atoms with Crippen LogP contribution in [0.3, 0.4) is 0 Å². The molecule has 11 nitrogen and oxygen atoms in total. The van der Waals surface area contributed by atoms with Gasteiger partial charge >= 0.3 is 11.7 Å². The van der Waals surface area contributed by atoms with Crippen molar-refractivity contribution in [1.29, 1.82) is 0 Å². The summed E-state index contributed by atoms with van der Waals surface area (Å²) in [6, 6.07) is 17.1. The molecule has 0 radical (unpaired) electrons. The van der Waals surface area contributed by atoms with Crippen molar-refractivity contribution in [1.82, 2.24) is 5.43 Å². The van der Waals surface area contributed by atoms with Crippen LogP contribution in [-0.2, 0) is 4.79 Å². The predicted molar refractivity (Wildman–Crippen MR) is 139 cm³/mol. The molecule has 0 saturated carbocycles. The van der Waals surface area contributed by atoms with E-state index >= 15 is 0 Å². The molecule has 3 aromatic rings. The van der Waals surface area contributed by atoms with Crippen LogP contribution in [0.5, 0.6) is 23.0 Å². The van der Waals surface area contributed by atoms with Crippen molar-refractivity contribution in [2.24, 2.45) is 5.10 Å². The van der Waals surface area contributed by atoms with Gasteiger partial charge in [0, 0.05) is 6.07 Å². The molecular formula is C27H27N3O8. The Labute approximate surface area is 219 Å². The highest BCUT2D eigenvalue weighted by atomic mass is 16.6. The number of hydrogen-bond donors (Lipinski definition) is 1. The van der Waals surface area contributed by atoms with Crippen LogP contribution in [0.25, 0.3) is 0 Å². The van der Waals surface area contributed by atoms with Crippen molar-refractivity contribution >= 4 is 23.8 Å². The Morgan fingerprint density at radius 2 is 1.68 bits per heavy atom. The topological polar surface area (TPSA) is 139 Å². The molecule has 11 heteroatoms. The van der Waals surface area contributed by atoms with Crippen LogP contribution >= 0.6 is 0 Å². The summed E-state index contributed by atoms with van der Waals surface area (Å²) in [5.41, 5.74) is 2.99. The molecule has 0 aliphatic heterocycles. The Bertz CT molecular complexity index is 1310. The summed E-state index contributed by atoms with van der Waals surface area (Å²) in [5, 5.41) is 15.0. The predicted octanol–water partition coefficient (Wildman–Crippen LogP) is 4.53. The molecule has 0 bridgehead atoms. The minimum Gasteiger partial charge on any atom is -0.494 e. The van der Waals surface area contributed by atoms with Gasteiger partial charge in [-0.2, -0.15) is 5.10 Å². The van der Waals surface area contributed by atoms with E-state index in [1.54, 1.807) is 55.5 Å². The molecule has 1 amide bonds. The number of esters is 1. The Kier molecular flexibility index (Phi) is 9.75. The SMILES string of the molecule is CCOc1ccc(C(=O)Oc2ccc(/C=N\NC(=O)[C@@H](C)Oc3ccccc3[N+](=O)[O-])cc2OCC)cc1. The third kappa shape index (κ3) is 7.53. The van der Waals surface area contributed by atoms with Crippen LogP contribution < -0.4 is 24.4 Å². The normalized spacial score (nSPS) is 11.4. The van der Waals surface area contributed by atoms with Crippen LogP contribution in [0.4, 0.5) is 5.69 Å².